The lowest BCUT2D eigenvalue weighted by Crippen LogP contribution is -2.23. The van der Waals surface area contributed by atoms with Crippen LogP contribution in [0.15, 0.2) is 43.5 Å². The van der Waals surface area contributed by atoms with E-state index in [0.29, 0.717) is 0 Å². The topological polar surface area (TPSA) is 46.2 Å². The lowest BCUT2D eigenvalue weighted by Gasteiger charge is -2.07. The van der Waals surface area contributed by atoms with Crippen LogP contribution in [-0.4, -0.2) is 8.42 Å². The Morgan fingerprint density at radius 3 is 2.53 bits per heavy atom. The lowest BCUT2D eigenvalue weighted by atomic mass is 10.3. The molecule has 1 aromatic carbocycles. The summed E-state index contributed by atoms with van der Waals surface area (Å²) in [6.45, 7) is 0.197. The van der Waals surface area contributed by atoms with E-state index in [1.165, 1.54) is 17.4 Å². The third kappa shape index (κ3) is 3.85. The van der Waals surface area contributed by atoms with Gasteiger partial charge < -0.3 is 0 Å². The molecule has 0 saturated carbocycles. The zero-order valence-electron chi connectivity index (χ0n) is 9.36. The highest BCUT2D eigenvalue weighted by atomic mass is 79.9. The molecule has 8 heteroatoms. The summed E-state index contributed by atoms with van der Waals surface area (Å²) in [7, 11) is -3.67. The Labute approximate surface area is 131 Å². The normalized spacial score (nSPS) is 11.7. The van der Waals surface area contributed by atoms with Crippen molar-refractivity contribution in [1.82, 2.24) is 4.72 Å². The highest BCUT2D eigenvalue weighted by molar-refractivity contribution is 9.11. The van der Waals surface area contributed by atoms with Gasteiger partial charge in [-0.2, -0.15) is 0 Å². The second-order valence-corrected chi connectivity index (χ2v) is 8.74. The second-order valence-electron chi connectivity index (χ2n) is 3.61. The van der Waals surface area contributed by atoms with Crippen LogP contribution in [0.5, 0.6) is 0 Å². The van der Waals surface area contributed by atoms with Gasteiger partial charge in [0.25, 0.3) is 0 Å². The maximum Gasteiger partial charge on any atom is 0.242 e. The van der Waals surface area contributed by atoms with Crippen LogP contribution in [0, 0.1) is 5.82 Å². The molecule has 19 heavy (non-hydrogen) atoms. The number of sulfonamides is 1. The molecule has 2 aromatic rings. The van der Waals surface area contributed by atoms with Crippen molar-refractivity contribution in [3.05, 3.63) is 49.3 Å². The van der Waals surface area contributed by atoms with E-state index in [4.69, 9.17) is 0 Å². The minimum Gasteiger partial charge on any atom is -0.207 e. The summed E-state index contributed by atoms with van der Waals surface area (Å²) < 4.78 is 40.7. The summed E-state index contributed by atoms with van der Waals surface area (Å²) in [5.74, 6) is -0.493. The summed E-state index contributed by atoms with van der Waals surface area (Å²) in [6, 6.07) is 7.14. The molecule has 0 saturated heterocycles. The predicted molar refractivity (Wildman–Crippen MR) is 80.1 cm³/mol. The van der Waals surface area contributed by atoms with Gasteiger partial charge in [-0.25, -0.2) is 17.5 Å². The van der Waals surface area contributed by atoms with Gasteiger partial charge in [-0.3, -0.25) is 0 Å². The number of nitrogens with one attached hydrogen (secondary N) is 1. The van der Waals surface area contributed by atoms with Crippen LogP contribution in [0.4, 0.5) is 4.39 Å². The SMILES string of the molecule is O=S(=O)(NCc1ccc(Br)s1)c1ccc(F)cc1Br. The van der Waals surface area contributed by atoms with Crippen molar-refractivity contribution in [2.75, 3.05) is 0 Å². The van der Waals surface area contributed by atoms with Gasteiger partial charge in [-0.05, 0) is 62.2 Å². The van der Waals surface area contributed by atoms with E-state index in [0.717, 1.165) is 20.8 Å². The van der Waals surface area contributed by atoms with Gasteiger partial charge in [0, 0.05) is 15.9 Å². The maximum absolute atomic E-state index is 12.9. The molecule has 1 heterocycles. The van der Waals surface area contributed by atoms with Crippen molar-refractivity contribution in [3.8, 4) is 0 Å². The monoisotopic (exact) mass is 427 g/mol. The first-order valence-corrected chi connectivity index (χ1v) is 8.96. The van der Waals surface area contributed by atoms with Gasteiger partial charge in [0.15, 0.2) is 0 Å². The van der Waals surface area contributed by atoms with Crippen molar-refractivity contribution in [1.29, 1.82) is 0 Å². The van der Waals surface area contributed by atoms with E-state index in [1.54, 1.807) is 0 Å². The molecule has 0 spiro atoms. The molecule has 0 unspecified atom stereocenters. The van der Waals surface area contributed by atoms with E-state index in [9.17, 15) is 12.8 Å². The van der Waals surface area contributed by atoms with Crippen LogP contribution in [-0.2, 0) is 16.6 Å². The summed E-state index contributed by atoms with van der Waals surface area (Å²) in [5.41, 5.74) is 0. The first kappa shape index (κ1) is 15.1. The first-order valence-electron chi connectivity index (χ1n) is 5.07. The standard InChI is InChI=1S/C11H8Br2FNO2S2/c12-9-5-7(14)1-3-10(9)19(16,17)15-6-8-2-4-11(13)18-8/h1-5,15H,6H2. The maximum atomic E-state index is 12.9. The van der Waals surface area contributed by atoms with Gasteiger partial charge in [0.05, 0.1) is 8.68 Å². The molecule has 0 bridgehead atoms. The summed E-state index contributed by atoms with van der Waals surface area (Å²) >= 11 is 7.81. The molecule has 0 aliphatic heterocycles. The summed E-state index contributed by atoms with van der Waals surface area (Å²) in [6.07, 6.45) is 0. The van der Waals surface area contributed by atoms with Crippen molar-refractivity contribution in [2.24, 2.45) is 0 Å². The van der Waals surface area contributed by atoms with Crippen molar-refractivity contribution < 1.29 is 12.8 Å². The van der Waals surface area contributed by atoms with E-state index in [2.05, 4.69) is 36.6 Å². The quantitative estimate of drug-likeness (QED) is 0.802. The average molecular weight is 429 g/mol. The van der Waals surface area contributed by atoms with Crippen LogP contribution in [0.25, 0.3) is 0 Å². The average Bonchev–Trinajstić information content (AvgIpc) is 2.72. The zero-order chi connectivity index (χ0) is 14.0. The fourth-order valence-electron chi connectivity index (χ4n) is 1.38. The van der Waals surface area contributed by atoms with Crippen molar-refractivity contribution in [2.45, 2.75) is 11.4 Å². The minimum atomic E-state index is -3.67. The number of benzene rings is 1. The Bertz CT molecular complexity index is 700. The summed E-state index contributed by atoms with van der Waals surface area (Å²) in [5, 5.41) is 0. The number of hydrogen-bond acceptors (Lipinski definition) is 3. The minimum absolute atomic E-state index is 0.0181. The number of halogens is 3. The lowest BCUT2D eigenvalue weighted by molar-refractivity contribution is 0.580. The summed E-state index contributed by atoms with van der Waals surface area (Å²) in [4.78, 5) is 0.901. The third-order valence-corrected chi connectivity index (χ3v) is 6.25. The van der Waals surface area contributed by atoms with Crippen LogP contribution in [0.2, 0.25) is 0 Å². The number of rotatable bonds is 4. The molecule has 0 fully saturated rings. The molecule has 102 valence electrons. The molecule has 0 atom stereocenters. The Balaban J connectivity index is 2.18. The molecule has 1 aromatic heterocycles. The number of thiophene rings is 1. The van der Waals surface area contributed by atoms with Gasteiger partial charge >= 0.3 is 0 Å². The largest absolute Gasteiger partial charge is 0.242 e. The third-order valence-electron chi connectivity index (χ3n) is 2.25. The van der Waals surface area contributed by atoms with Crippen LogP contribution in [0.3, 0.4) is 0 Å². The zero-order valence-corrected chi connectivity index (χ0v) is 14.2. The molecule has 0 radical (unpaired) electrons. The van der Waals surface area contributed by atoms with Gasteiger partial charge in [-0.15, -0.1) is 11.3 Å². The second kappa shape index (κ2) is 6.01. The Kier molecular flexibility index (Phi) is 4.78. The van der Waals surface area contributed by atoms with E-state index < -0.39 is 15.8 Å². The molecule has 0 aliphatic carbocycles. The predicted octanol–water partition coefficient (Wildman–Crippen LogP) is 3.89. The molecular weight excluding hydrogens is 421 g/mol. The Hall–Kier alpha value is -0.280. The van der Waals surface area contributed by atoms with Gasteiger partial charge in [0.1, 0.15) is 5.82 Å². The van der Waals surface area contributed by atoms with Crippen LogP contribution in [0.1, 0.15) is 4.88 Å². The van der Waals surface area contributed by atoms with E-state index in [1.807, 2.05) is 12.1 Å². The first-order chi connectivity index (χ1) is 8.88. The highest BCUT2D eigenvalue weighted by Crippen LogP contribution is 2.24. The smallest absolute Gasteiger partial charge is 0.207 e. The van der Waals surface area contributed by atoms with E-state index >= 15 is 0 Å². The molecule has 3 nitrogen and oxygen atoms in total. The Morgan fingerprint density at radius 2 is 1.95 bits per heavy atom. The molecule has 0 amide bonds. The molecule has 0 aliphatic rings. The van der Waals surface area contributed by atoms with E-state index in [-0.39, 0.29) is 15.9 Å². The fraction of sp³-hybridized carbons (Fsp3) is 0.0909. The fourth-order valence-corrected chi connectivity index (χ4v) is 4.95. The van der Waals surface area contributed by atoms with Gasteiger partial charge in [0.2, 0.25) is 10.0 Å². The highest BCUT2D eigenvalue weighted by Gasteiger charge is 2.18. The van der Waals surface area contributed by atoms with Crippen LogP contribution < -0.4 is 4.72 Å². The molecular formula is C11H8Br2FNO2S2. The van der Waals surface area contributed by atoms with Crippen molar-refractivity contribution >= 4 is 53.2 Å². The van der Waals surface area contributed by atoms with Crippen LogP contribution >= 0.6 is 43.2 Å². The molecule has 1 N–H and O–H groups in total. The number of hydrogen-bond donors (Lipinski definition) is 1. The van der Waals surface area contributed by atoms with Crippen molar-refractivity contribution in [3.63, 3.8) is 0 Å². The Morgan fingerprint density at radius 1 is 1.21 bits per heavy atom. The van der Waals surface area contributed by atoms with Gasteiger partial charge in [-0.1, -0.05) is 0 Å². The molecule has 2 rings (SSSR count).